The highest BCUT2D eigenvalue weighted by Crippen LogP contribution is 2.21. The van der Waals surface area contributed by atoms with Crippen molar-refractivity contribution in [1.29, 1.82) is 0 Å². The van der Waals surface area contributed by atoms with Gasteiger partial charge in [-0.05, 0) is 18.1 Å². The molecule has 0 atom stereocenters. The Bertz CT molecular complexity index is 765. The first kappa shape index (κ1) is 17.5. The van der Waals surface area contributed by atoms with Crippen molar-refractivity contribution in [3.63, 3.8) is 0 Å². The van der Waals surface area contributed by atoms with Crippen LogP contribution in [0.1, 0.15) is 32.8 Å². The summed E-state index contributed by atoms with van der Waals surface area (Å²) in [6.45, 7) is 8.35. The molecule has 1 N–H and O–H groups in total. The number of benzene rings is 1. The van der Waals surface area contributed by atoms with E-state index < -0.39 is 0 Å². The molecule has 0 unspecified atom stereocenters. The van der Waals surface area contributed by atoms with Crippen molar-refractivity contribution in [3.05, 3.63) is 36.0 Å². The molecule has 1 aromatic heterocycles. The summed E-state index contributed by atoms with van der Waals surface area (Å²) in [6, 6.07) is 8.16. The lowest BCUT2D eigenvalue weighted by Gasteiger charge is -2.37. The Morgan fingerprint density at radius 1 is 1.04 bits per heavy atom. The normalized spacial score (nSPS) is 15.6. The molecule has 1 saturated heterocycles. The fraction of sp³-hybridized carbons (Fsp3) is 0.500. The number of piperazine rings is 1. The number of H-pyrrole nitrogens is 1. The lowest BCUT2D eigenvalue weighted by atomic mass is 9.94. The van der Waals surface area contributed by atoms with Crippen LogP contribution in [0, 0.1) is 5.41 Å². The van der Waals surface area contributed by atoms with Gasteiger partial charge in [0.1, 0.15) is 0 Å². The summed E-state index contributed by atoms with van der Waals surface area (Å²) in [5.41, 5.74) is 1.94. The summed E-state index contributed by atoms with van der Waals surface area (Å²) in [6.07, 6.45) is 3.25. The molecule has 0 spiro atoms. The second-order valence-electron chi connectivity index (χ2n) is 7.78. The predicted octanol–water partition coefficient (Wildman–Crippen LogP) is 2.82. The molecule has 2 heterocycles. The van der Waals surface area contributed by atoms with Crippen molar-refractivity contribution in [1.82, 2.24) is 14.8 Å². The van der Waals surface area contributed by atoms with E-state index in [1.54, 1.807) is 0 Å². The molecule has 1 fully saturated rings. The first-order valence-electron chi connectivity index (χ1n) is 8.98. The summed E-state index contributed by atoms with van der Waals surface area (Å²) in [7, 11) is 0. The van der Waals surface area contributed by atoms with E-state index in [1.807, 2.05) is 55.0 Å². The van der Waals surface area contributed by atoms with E-state index in [9.17, 15) is 9.59 Å². The summed E-state index contributed by atoms with van der Waals surface area (Å²) >= 11 is 0. The average Bonchev–Trinajstić information content (AvgIpc) is 3.01. The fourth-order valence-electron chi connectivity index (χ4n) is 3.37. The van der Waals surface area contributed by atoms with Crippen LogP contribution in [0.2, 0.25) is 0 Å². The van der Waals surface area contributed by atoms with Crippen LogP contribution < -0.4 is 0 Å². The van der Waals surface area contributed by atoms with Gasteiger partial charge in [0, 0.05) is 55.1 Å². The van der Waals surface area contributed by atoms with E-state index in [-0.39, 0.29) is 17.2 Å². The van der Waals surface area contributed by atoms with Crippen LogP contribution in [0.15, 0.2) is 30.5 Å². The molecule has 0 bridgehead atoms. The Kier molecular flexibility index (Phi) is 4.84. The molecular formula is C20H27N3O2. The zero-order chi connectivity index (χ0) is 18.0. The highest BCUT2D eigenvalue weighted by atomic mass is 16.2. The largest absolute Gasteiger partial charge is 0.361 e. The van der Waals surface area contributed by atoms with Crippen LogP contribution in [-0.2, 0) is 16.0 Å². The van der Waals surface area contributed by atoms with Gasteiger partial charge in [0.05, 0.1) is 0 Å². The van der Waals surface area contributed by atoms with E-state index in [2.05, 4.69) is 11.1 Å². The number of hydrogen-bond donors (Lipinski definition) is 1. The zero-order valence-electron chi connectivity index (χ0n) is 15.3. The number of rotatable bonds is 3. The number of hydrogen-bond acceptors (Lipinski definition) is 2. The second-order valence-corrected chi connectivity index (χ2v) is 7.78. The summed E-state index contributed by atoms with van der Waals surface area (Å²) in [4.78, 5) is 31.9. The van der Waals surface area contributed by atoms with Gasteiger partial charge >= 0.3 is 0 Å². The maximum Gasteiger partial charge on any atom is 0.228 e. The highest BCUT2D eigenvalue weighted by Gasteiger charge is 2.30. The molecule has 3 rings (SSSR count). The molecule has 2 amide bonds. The van der Waals surface area contributed by atoms with E-state index in [0.29, 0.717) is 32.6 Å². The van der Waals surface area contributed by atoms with Gasteiger partial charge in [-0.3, -0.25) is 9.59 Å². The molecule has 134 valence electrons. The molecule has 25 heavy (non-hydrogen) atoms. The van der Waals surface area contributed by atoms with Gasteiger partial charge in [-0.25, -0.2) is 0 Å². The molecule has 5 heteroatoms. The van der Waals surface area contributed by atoms with Crippen molar-refractivity contribution in [2.75, 3.05) is 26.2 Å². The minimum absolute atomic E-state index is 0.165. The lowest BCUT2D eigenvalue weighted by molar-refractivity contribution is -0.144. The van der Waals surface area contributed by atoms with Crippen molar-refractivity contribution < 1.29 is 9.59 Å². The maximum absolute atomic E-state index is 12.5. The lowest BCUT2D eigenvalue weighted by Crippen LogP contribution is -2.53. The number of fused-ring (bicyclic) bond motifs is 1. The number of carbonyl (C=O) groups excluding carboxylic acids is 2. The Hall–Kier alpha value is -2.30. The van der Waals surface area contributed by atoms with Gasteiger partial charge in [0.15, 0.2) is 0 Å². The molecule has 2 aromatic rings. The summed E-state index contributed by atoms with van der Waals surface area (Å²) < 4.78 is 0. The van der Waals surface area contributed by atoms with Gasteiger partial charge in [-0.2, -0.15) is 0 Å². The van der Waals surface area contributed by atoms with Crippen LogP contribution in [-0.4, -0.2) is 52.8 Å². The SMILES string of the molecule is CC(C)(C)C(=O)N1CCN(C(=O)CCc2c[nH]c3ccccc23)CC1. The standard InChI is InChI=1S/C20H27N3O2/c1-20(2,3)19(25)23-12-10-22(11-13-23)18(24)9-8-15-14-21-17-7-5-4-6-16(15)17/h4-7,14,21H,8-13H2,1-3H3. The van der Waals surface area contributed by atoms with E-state index >= 15 is 0 Å². The van der Waals surface area contributed by atoms with Crippen LogP contribution in [0.5, 0.6) is 0 Å². The number of amides is 2. The third kappa shape index (κ3) is 3.86. The molecule has 1 aliphatic heterocycles. The molecule has 1 aliphatic rings. The van der Waals surface area contributed by atoms with Crippen molar-refractivity contribution >= 4 is 22.7 Å². The van der Waals surface area contributed by atoms with Gasteiger partial charge < -0.3 is 14.8 Å². The quantitative estimate of drug-likeness (QED) is 0.933. The number of aromatic amines is 1. The molecule has 0 saturated carbocycles. The minimum atomic E-state index is -0.360. The molecule has 5 nitrogen and oxygen atoms in total. The van der Waals surface area contributed by atoms with Gasteiger partial charge in [-0.1, -0.05) is 39.0 Å². The van der Waals surface area contributed by atoms with Gasteiger partial charge in [-0.15, -0.1) is 0 Å². The first-order chi connectivity index (χ1) is 11.9. The summed E-state index contributed by atoms with van der Waals surface area (Å²) in [5.74, 6) is 0.339. The number of nitrogens with zero attached hydrogens (tertiary/aromatic N) is 2. The van der Waals surface area contributed by atoms with Crippen molar-refractivity contribution in [3.8, 4) is 0 Å². The Morgan fingerprint density at radius 3 is 2.36 bits per heavy atom. The number of nitrogens with one attached hydrogen (secondary N) is 1. The molecule has 0 aliphatic carbocycles. The number of para-hydroxylation sites is 1. The smallest absolute Gasteiger partial charge is 0.228 e. The Labute approximate surface area is 149 Å². The predicted molar refractivity (Wildman–Crippen MR) is 99.2 cm³/mol. The van der Waals surface area contributed by atoms with E-state index in [0.717, 1.165) is 11.9 Å². The van der Waals surface area contributed by atoms with Crippen molar-refractivity contribution in [2.45, 2.75) is 33.6 Å². The number of carbonyl (C=O) groups is 2. The van der Waals surface area contributed by atoms with E-state index in [1.165, 1.54) is 10.9 Å². The first-order valence-corrected chi connectivity index (χ1v) is 8.98. The maximum atomic E-state index is 12.5. The topological polar surface area (TPSA) is 56.4 Å². The highest BCUT2D eigenvalue weighted by molar-refractivity contribution is 5.84. The summed E-state index contributed by atoms with van der Waals surface area (Å²) in [5, 5.41) is 1.19. The average molecular weight is 341 g/mol. The van der Waals surface area contributed by atoms with Crippen molar-refractivity contribution in [2.24, 2.45) is 5.41 Å². The molecular weight excluding hydrogens is 314 g/mol. The minimum Gasteiger partial charge on any atom is -0.361 e. The fourth-order valence-corrected chi connectivity index (χ4v) is 3.37. The monoisotopic (exact) mass is 341 g/mol. The Morgan fingerprint density at radius 2 is 1.68 bits per heavy atom. The van der Waals surface area contributed by atoms with Crippen LogP contribution >= 0.6 is 0 Å². The van der Waals surface area contributed by atoms with E-state index in [4.69, 9.17) is 0 Å². The number of aryl methyl sites for hydroxylation is 1. The van der Waals surface area contributed by atoms with Crippen LogP contribution in [0.4, 0.5) is 0 Å². The van der Waals surface area contributed by atoms with Crippen LogP contribution in [0.25, 0.3) is 10.9 Å². The molecule has 1 aromatic carbocycles. The third-order valence-electron chi connectivity index (χ3n) is 4.84. The third-order valence-corrected chi connectivity index (χ3v) is 4.84. The van der Waals surface area contributed by atoms with Gasteiger partial charge in [0.25, 0.3) is 0 Å². The second kappa shape index (κ2) is 6.90. The van der Waals surface area contributed by atoms with Crippen LogP contribution in [0.3, 0.4) is 0 Å². The zero-order valence-corrected chi connectivity index (χ0v) is 15.3. The van der Waals surface area contributed by atoms with Gasteiger partial charge in [0.2, 0.25) is 11.8 Å². The number of aromatic nitrogens is 1. The Balaban J connectivity index is 1.52. The molecule has 0 radical (unpaired) electrons.